The third-order valence-corrected chi connectivity index (χ3v) is 5.59. The SMILES string of the molecule is CC(C)OC1=C/C(=C(\I)NCOCC[Si](C)(C)C)C(=N)C=C1. The first-order valence-electron chi connectivity index (χ1n) is 7.56. The molecule has 0 radical (unpaired) electrons. The predicted molar refractivity (Wildman–Crippen MR) is 104 cm³/mol. The minimum absolute atomic E-state index is 0.125. The molecule has 0 bridgehead atoms. The molecule has 0 unspecified atom stereocenters. The van der Waals surface area contributed by atoms with Gasteiger partial charge in [0.25, 0.3) is 0 Å². The second-order valence-electron chi connectivity index (χ2n) is 6.73. The van der Waals surface area contributed by atoms with Crippen LogP contribution in [0.1, 0.15) is 13.8 Å². The van der Waals surface area contributed by atoms with Crippen LogP contribution in [0.25, 0.3) is 0 Å². The normalized spacial score (nSPS) is 17.6. The molecule has 0 spiro atoms. The molecule has 0 aliphatic heterocycles. The maximum atomic E-state index is 8.02. The van der Waals surface area contributed by atoms with Gasteiger partial charge in [-0.1, -0.05) is 19.6 Å². The van der Waals surface area contributed by atoms with Gasteiger partial charge < -0.3 is 20.2 Å². The highest BCUT2D eigenvalue weighted by Gasteiger charge is 2.14. The van der Waals surface area contributed by atoms with Gasteiger partial charge in [0, 0.05) is 20.3 Å². The van der Waals surface area contributed by atoms with Gasteiger partial charge in [0.05, 0.1) is 15.5 Å². The highest BCUT2D eigenvalue weighted by Crippen LogP contribution is 2.21. The Bertz CT molecular complexity index is 491. The van der Waals surface area contributed by atoms with E-state index in [1.807, 2.05) is 26.0 Å². The Morgan fingerprint density at radius 2 is 2.00 bits per heavy atom. The van der Waals surface area contributed by atoms with E-state index in [1.54, 1.807) is 6.08 Å². The lowest BCUT2D eigenvalue weighted by atomic mass is 10.1. The molecule has 0 fully saturated rings. The summed E-state index contributed by atoms with van der Waals surface area (Å²) in [5.74, 6) is 0.789. The van der Waals surface area contributed by atoms with Crippen molar-refractivity contribution in [2.45, 2.75) is 45.6 Å². The summed E-state index contributed by atoms with van der Waals surface area (Å²) in [6, 6.07) is 1.16. The van der Waals surface area contributed by atoms with Gasteiger partial charge in [-0.25, -0.2) is 0 Å². The molecule has 1 aliphatic rings. The van der Waals surface area contributed by atoms with Gasteiger partial charge in [-0.3, -0.25) is 0 Å². The standard InChI is InChI=1S/C16H27IN2O2Si/c1-12(2)21-13-6-7-15(18)14(10-13)16(17)19-11-20-8-9-22(3,4)5/h6-7,10,12,18-19H,8-9,11H2,1-5H3/b16-14-,18-15?. The van der Waals surface area contributed by atoms with Gasteiger partial charge in [0.15, 0.2) is 0 Å². The molecule has 0 saturated carbocycles. The Balaban J connectivity index is 2.54. The van der Waals surface area contributed by atoms with Crippen LogP contribution in [0.3, 0.4) is 0 Å². The zero-order valence-electron chi connectivity index (χ0n) is 14.1. The fourth-order valence-corrected chi connectivity index (χ4v) is 3.07. The Morgan fingerprint density at radius 3 is 2.59 bits per heavy atom. The first kappa shape index (κ1) is 19.4. The third-order valence-electron chi connectivity index (χ3n) is 2.93. The smallest absolute Gasteiger partial charge is 0.120 e. The van der Waals surface area contributed by atoms with Crippen molar-refractivity contribution in [3.05, 3.63) is 33.3 Å². The maximum absolute atomic E-state index is 8.02. The number of ether oxygens (including phenoxy) is 2. The Labute approximate surface area is 148 Å². The molecule has 1 rings (SSSR count). The van der Waals surface area contributed by atoms with Crippen LogP contribution >= 0.6 is 22.6 Å². The van der Waals surface area contributed by atoms with Crippen molar-refractivity contribution in [3.63, 3.8) is 0 Å². The summed E-state index contributed by atoms with van der Waals surface area (Å²) in [4.78, 5) is 0. The summed E-state index contributed by atoms with van der Waals surface area (Å²) < 4.78 is 12.2. The molecule has 0 atom stereocenters. The van der Waals surface area contributed by atoms with Crippen molar-refractivity contribution < 1.29 is 9.47 Å². The van der Waals surface area contributed by atoms with Gasteiger partial charge >= 0.3 is 0 Å². The molecule has 0 aromatic heterocycles. The zero-order valence-corrected chi connectivity index (χ0v) is 17.3. The third kappa shape index (κ3) is 7.60. The van der Waals surface area contributed by atoms with Gasteiger partial charge in [-0.15, -0.1) is 0 Å². The lowest BCUT2D eigenvalue weighted by Gasteiger charge is -2.18. The molecular weight excluding hydrogens is 407 g/mol. The molecule has 2 N–H and O–H groups in total. The first-order chi connectivity index (χ1) is 10.2. The lowest BCUT2D eigenvalue weighted by Crippen LogP contribution is -2.24. The number of hydrogen-bond donors (Lipinski definition) is 2. The highest BCUT2D eigenvalue weighted by molar-refractivity contribution is 14.1. The molecule has 6 heteroatoms. The second kappa shape index (κ2) is 8.88. The molecule has 0 aromatic carbocycles. The monoisotopic (exact) mass is 434 g/mol. The molecule has 1 aliphatic carbocycles. The van der Waals surface area contributed by atoms with Crippen LogP contribution in [0.4, 0.5) is 0 Å². The average Bonchev–Trinajstić information content (AvgIpc) is 2.38. The lowest BCUT2D eigenvalue weighted by molar-refractivity contribution is 0.137. The van der Waals surface area contributed by atoms with E-state index in [4.69, 9.17) is 14.9 Å². The number of rotatable bonds is 8. The van der Waals surface area contributed by atoms with E-state index in [9.17, 15) is 0 Å². The van der Waals surface area contributed by atoms with Gasteiger partial charge in [0.1, 0.15) is 12.5 Å². The summed E-state index contributed by atoms with van der Waals surface area (Å²) in [7, 11) is -1.04. The molecule has 0 aromatic rings. The average molecular weight is 434 g/mol. The van der Waals surface area contributed by atoms with Crippen LogP contribution < -0.4 is 5.32 Å². The molecule has 22 heavy (non-hydrogen) atoms. The summed E-state index contributed by atoms with van der Waals surface area (Å²) in [6.45, 7) is 12.3. The van der Waals surface area contributed by atoms with Crippen molar-refractivity contribution in [1.29, 1.82) is 5.41 Å². The van der Waals surface area contributed by atoms with Crippen LogP contribution in [0.15, 0.2) is 33.3 Å². The van der Waals surface area contributed by atoms with Crippen molar-refractivity contribution >= 4 is 36.4 Å². The largest absolute Gasteiger partial charge is 0.491 e. The quantitative estimate of drug-likeness (QED) is 0.195. The predicted octanol–water partition coefficient (Wildman–Crippen LogP) is 4.43. The summed E-state index contributed by atoms with van der Waals surface area (Å²) in [5, 5.41) is 11.2. The number of allylic oxidation sites excluding steroid dienone is 4. The number of hydrogen-bond acceptors (Lipinski definition) is 4. The van der Waals surface area contributed by atoms with E-state index in [2.05, 4.69) is 47.5 Å². The number of halogens is 1. The molecule has 0 heterocycles. The molecule has 4 nitrogen and oxygen atoms in total. The summed E-state index contributed by atoms with van der Waals surface area (Å²) >= 11 is 2.21. The zero-order chi connectivity index (χ0) is 16.8. The van der Waals surface area contributed by atoms with Gasteiger partial charge in [-0.05, 0) is 60.7 Å². The Kier molecular flexibility index (Phi) is 7.85. The van der Waals surface area contributed by atoms with E-state index < -0.39 is 8.07 Å². The summed E-state index contributed by atoms with van der Waals surface area (Å²) in [5.41, 5.74) is 1.32. The van der Waals surface area contributed by atoms with Crippen LogP contribution in [0, 0.1) is 5.41 Å². The Hall–Kier alpha value is -0.603. The van der Waals surface area contributed by atoms with Crippen LogP contribution in [-0.2, 0) is 9.47 Å². The van der Waals surface area contributed by atoms with Crippen molar-refractivity contribution in [3.8, 4) is 0 Å². The van der Waals surface area contributed by atoms with Gasteiger partial charge in [0.2, 0.25) is 0 Å². The van der Waals surface area contributed by atoms with E-state index in [0.29, 0.717) is 12.4 Å². The molecule has 0 amide bonds. The van der Waals surface area contributed by atoms with Crippen LogP contribution in [-0.4, -0.2) is 33.2 Å². The maximum Gasteiger partial charge on any atom is 0.120 e. The van der Waals surface area contributed by atoms with E-state index >= 15 is 0 Å². The van der Waals surface area contributed by atoms with Crippen LogP contribution in [0.2, 0.25) is 25.7 Å². The van der Waals surface area contributed by atoms with Crippen molar-refractivity contribution in [1.82, 2.24) is 5.32 Å². The van der Waals surface area contributed by atoms with E-state index in [0.717, 1.165) is 27.7 Å². The molecule has 0 saturated heterocycles. The topological polar surface area (TPSA) is 54.3 Å². The van der Waals surface area contributed by atoms with Gasteiger partial charge in [-0.2, -0.15) is 0 Å². The van der Waals surface area contributed by atoms with E-state index in [1.165, 1.54) is 0 Å². The fourth-order valence-electron chi connectivity index (χ4n) is 1.71. The van der Waals surface area contributed by atoms with E-state index in [-0.39, 0.29) is 6.10 Å². The van der Waals surface area contributed by atoms with Crippen molar-refractivity contribution in [2.75, 3.05) is 13.3 Å². The van der Waals surface area contributed by atoms with Crippen molar-refractivity contribution in [2.24, 2.45) is 0 Å². The molecular formula is C16H27IN2O2Si. The number of nitrogens with one attached hydrogen (secondary N) is 2. The highest BCUT2D eigenvalue weighted by atomic mass is 127. The summed E-state index contributed by atoms with van der Waals surface area (Å²) in [6.07, 6.45) is 5.62. The first-order valence-corrected chi connectivity index (χ1v) is 12.3. The fraction of sp³-hybridized carbons (Fsp3) is 0.562. The Morgan fingerprint density at radius 1 is 1.32 bits per heavy atom. The minimum atomic E-state index is -1.04. The van der Waals surface area contributed by atoms with Crippen LogP contribution in [0.5, 0.6) is 0 Å². The second-order valence-corrected chi connectivity index (χ2v) is 13.4. The minimum Gasteiger partial charge on any atom is -0.491 e. The molecule has 124 valence electrons.